The molecule has 0 spiro atoms. The van der Waals surface area contributed by atoms with Crippen molar-refractivity contribution in [1.82, 2.24) is 14.1 Å². The van der Waals surface area contributed by atoms with Crippen molar-refractivity contribution in [2.45, 2.75) is 31.7 Å². The van der Waals surface area contributed by atoms with Gasteiger partial charge in [0, 0.05) is 36.6 Å². The number of morpholine rings is 1. The summed E-state index contributed by atoms with van der Waals surface area (Å²) in [6, 6.07) is 12.3. The maximum Gasteiger partial charge on any atom is 0.259 e. The molecule has 2 aromatic carbocycles. The third kappa shape index (κ3) is 5.24. The fourth-order valence-corrected chi connectivity index (χ4v) is 5.54. The molecule has 0 aliphatic carbocycles. The van der Waals surface area contributed by atoms with Crippen molar-refractivity contribution in [2.75, 3.05) is 38.7 Å². The highest BCUT2D eigenvalue weighted by molar-refractivity contribution is 7.89. The minimum Gasteiger partial charge on any atom is -0.497 e. The smallest absolute Gasteiger partial charge is 0.259 e. The molecule has 35 heavy (non-hydrogen) atoms. The Kier molecular flexibility index (Phi) is 7.25. The molecule has 1 fully saturated rings. The topological polar surface area (TPSA) is 103 Å². The predicted molar refractivity (Wildman–Crippen MR) is 133 cm³/mol. The van der Waals surface area contributed by atoms with Crippen molar-refractivity contribution in [1.29, 1.82) is 0 Å². The number of ether oxygens (including phenoxy) is 2. The second-order valence-corrected chi connectivity index (χ2v) is 10.6. The lowest BCUT2D eigenvalue weighted by Crippen LogP contribution is -2.40. The molecule has 1 aliphatic heterocycles. The van der Waals surface area contributed by atoms with E-state index in [4.69, 9.17) is 9.47 Å². The van der Waals surface area contributed by atoms with Gasteiger partial charge in [-0.2, -0.15) is 9.40 Å². The van der Waals surface area contributed by atoms with Crippen molar-refractivity contribution < 1.29 is 22.7 Å². The molecule has 3 aromatic rings. The molecule has 0 unspecified atom stereocenters. The number of aryl methyl sites for hydroxylation is 1. The first-order valence-corrected chi connectivity index (χ1v) is 12.9. The van der Waals surface area contributed by atoms with Crippen LogP contribution in [0.3, 0.4) is 0 Å². The van der Waals surface area contributed by atoms with Crippen molar-refractivity contribution in [3.63, 3.8) is 0 Å². The summed E-state index contributed by atoms with van der Waals surface area (Å²) in [6.07, 6.45) is 1.70. The van der Waals surface area contributed by atoms with Crippen LogP contribution in [0.1, 0.15) is 35.8 Å². The fraction of sp³-hybridized carbons (Fsp3) is 0.360. The average molecular weight is 499 g/mol. The summed E-state index contributed by atoms with van der Waals surface area (Å²) in [5.41, 5.74) is 2.64. The number of carbonyl (C=O) groups excluding carboxylic acids is 1. The summed E-state index contributed by atoms with van der Waals surface area (Å²) in [5.74, 6) is 0.276. The lowest BCUT2D eigenvalue weighted by Gasteiger charge is -2.26. The van der Waals surface area contributed by atoms with Crippen LogP contribution >= 0.6 is 0 Å². The number of anilines is 1. The van der Waals surface area contributed by atoms with Gasteiger partial charge in [0.2, 0.25) is 10.0 Å². The summed E-state index contributed by atoms with van der Waals surface area (Å²) in [7, 11) is -2.13. The minimum atomic E-state index is -3.71. The first-order chi connectivity index (χ1) is 16.7. The van der Waals surface area contributed by atoms with Crippen LogP contribution in [0, 0.1) is 6.92 Å². The van der Waals surface area contributed by atoms with Crippen LogP contribution in [-0.4, -0.2) is 61.8 Å². The molecule has 9 nitrogen and oxygen atoms in total. The Morgan fingerprint density at radius 2 is 1.89 bits per heavy atom. The summed E-state index contributed by atoms with van der Waals surface area (Å²) in [4.78, 5) is 13.5. The normalized spacial score (nSPS) is 14.8. The number of hydrogen-bond acceptors (Lipinski definition) is 6. The number of nitrogens with zero attached hydrogens (tertiary/aromatic N) is 3. The largest absolute Gasteiger partial charge is 0.497 e. The van der Waals surface area contributed by atoms with E-state index in [-0.39, 0.29) is 16.8 Å². The highest BCUT2D eigenvalue weighted by Gasteiger charge is 2.28. The van der Waals surface area contributed by atoms with E-state index in [1.165, 1.54) is 10.4 Å². The zero-order chi connectivity index (χ0) is 25.2. The van der Waals surface area contributed by atoms with Crippen LogP contribution in [0.15, 0.2) is 53.6 Å². The van der Waals surface area contributed by atoms with Gasteiger partial charge in [0.1, 0.15) is 11.4 Å². The van der Waals surface area contributed by atoms with Gasteiger partial charge in [-0.3, -0.25) is 9.48 Å². The first kappa shape index (κ1) is 24.9. The lowest BCUT2D eigenvalue weighted by molar-refractivity contribution is 0.0730. The molecule has 2 heterocycles. The second-order valence-electron chi connectivity index (χ2n) is 8.65. The van der Waals surface area contributed by atoms with Gasteiger partial charge in [-0.05, 0) is 50.6 Å². The second kappa shape index (κ2) is 10.2. The molecular weight excluding hydrogens is 468 g/mol. The van der Waals surface area contributed by atoms with E-state index in [2.05, 4.69) is 10.4 Å². The Morgan fingerprint density at radius 3 is 2.57 bits per heavy atom. The van der Waals surface area contributed by atoms with E-state index < -0.39 is 10.0 Å². The minimum absolute atomic E-state index is 0.0468. The molecule has 0 bridgehead atoms. The monoisotopic (exact) mass is 498 g/mol. The molecule has 1 amide bonds. The van der Waals surface area contributed by atoms with Crippen LogP contribution in [0.25, 0.3) is 11.3 Å². The number of carbonyl (C=O) groups is 1. The Labute approximate surface area is 205 Å². The summed E-state index contributed by atoms with van der Waals surface area (Å²) < 4.78 is 40.2. The van der Waals surface area contributed by atoms with Crippen molar-refractivity contribution >= 4 is 21.6 Å². The molecule has 0 saturated carbocycles. The number of hydrogen-bond donors (Lipinski definition) is 1. The van der Waals surface area contributed by atoms with Gasteiger partial charge in [-0.25, -0.2) is 8.42 Å². The summed E-state index contributed by atoms with van der Waals surface area (Å²) in [5, 5.41) is 7.50. The molecule has 10 heteroatoms. The average Bonchev–Trinajstić information content (AvgIpc) is 3.32. The Hall–Kier alpha value is -3.21. The quantitative estimate of drug-likeness (QED) is 0.533. The summed E-state index contributed by atoms with van der Waals surface area (Å²) >= 11 is 0. The van der Waals surface area contributed by atoms with Crippen LogP contribution < -0.4 is 10.1 Å². The van der Waals surface area contributed by atoms with E-state index in [9.17, 15) is 13.2 Å². The highest BCUT2D eigenvalue weighted by Crippen LogP contribution is 2.29. The van der Waals surface area contributed by atoms with E-state index in [0.717, 1.165) is 5.56 Å². The molecule has 0 atom stereocenters. The number of sulfonamides is 1. The van der Waals surface area contributed by atoms with Gasteiger partial charge in [0.15, 0.2) is 0 Å². The SMILES string of the molecule is COc1cccc(-c2nn(C(C)C)cc2C(=O)Nc2ccc(C)c(S(=O)(=O)N3CCOCC3)c2)c1. The number of rotatable bonds is 7. The molecule has 1 aromatic heterocycles. The van der Waals surface area contributed by atoms with Crippen molar-refractivity contribution in [3.05, 3.63) is 59.8 Å². The lowest BCUT2D eigenvalue weighted by atomic mass is 10.1. The van der Waals surface area contributed by atoms with Gasteiger partial charge in [0.25, 0.3) is 5.91 Å². The van der Waals surface area contributed by atoms with Crippen LogP contribution in [-0.2, 0) is 14.8 Å². The number of nitrogens with one attached hydrogen (secondary N) is 1. The van der Waals surface area contributed by atoms with E-state index in [0.29, 0.717) is 54.6 Å². The van der Waals surface area contributed by atoms with Gasteiger partial charge < -0.3 is 14.8 Å². The zero-order valence-corrected chi connectivity index (χ0v) is 21.1. The zero-order valence-electron chi connectivity index (χ0n) is 20.3. The van der Waals surface area contributed by atoms with E-state index in [1.807, 2.05) is 38.1 Å². The Bertz CT molecular complexity index is 1330. The first-order valence-electron chi connectivity index (χ1n) is 11.4. The van der Waals surface area contributed by atoms with Gasteiger partial charge in [-0.1, -0.05) is 18.2 Å². The van der Waals surface area contributed by atoms with Gasteiger partial charge in [0.05, 0.1) is 30.8 Å². The van der Waals surface area contributed by atoms with Crippen LogP contribution in [0.2, 0.25) is 0 Å². The molecular formula is C25H30N4O5S. The fourth-order valence-electron chi connectivity index (χ4n) is 3.89. The van der Waals surface area contributed by atoms with Crippen LogP contribution in [0.5, 0.6) is 5.75 Å². The third-order valence-electron chi connectivity index (χ3n) is 5.88. The number of benzene rings is 2. The summed E-state index contributed by atoms with van der Waals surface area (Å²) in [6.45, 7) is 7.03. The van der Waals surface area contributed by atoms with E-state index in [1.54, 1.807) is 37.0 Å². The number of aromatic nitrogens is 2. The third-order valence-corrected chi connectivity index (χ3v) is 7.92. The molecule has 1 saturated heterocycles. The van der Waals surface area contributed by atoms with Crippen LogP contribution in [0.4, 0.5) is 5.69 Å². The number of amides is 1. The molecule has 4 rings (SSSR count). The maximum absolute atomic E-state index is 13.4. The highest BCUT2D eigenvalue weighted by atomic mass is 32.2. The molecule has 1 N–H and O–H groups in total. The molecule has 0 radical (unpaired) electrons. The maximum atomic E-state index is 13.4. The predicted octanol–water partition coefficient (Wildman–Crippen LogP) is 3.72. The standard InChI is InChI=1S/C25H30N4O5S/c1-17(2)29-16-22(24(27-29)19-6-5-7-21(14-19)33-4)25(30)26-20-9-8-18(3)23(15-20)35(31,32)28-10-12-34-13-11-28/h5-9,14-17H,10-13H2,1-4H3,(H,26,30). The van der Waals surface area contributed by atoms with Crippen molar-refractivity contribution in [3.8, 4) is 17.0 Å². The molecule has 186 valence electrons. The Morgan fingerprint density at radius 1 is 1.14 bits per heavy atom. The Balaban J connectivity index is 1.67. The van der Waals surface area contributed by atoms with Gasteiger partial charge in [-0.15, -0.1) is 0 Å². The van der Waals surface area contributed by atoms with Gasteiger partial charge >= 0.3 is 0 Å². The number of methoxy groups -OCH3 is 1. The van der Waals surface area contributed by atoms with E-state index >= 15 is 0 Å². The van der Waals surface area contributed by atoms with Crippen molar-refractivity contribution in [2.24, 2.45) is 0 Å². The molecule has 1 aliphatic rings.